The number of benzene rings is 2. The van der Waals surface area contributed by atoms with Gasteiger partial charge >= 0.3 is 0 Å². The van der Waals surface area contributed by atoms with E-state index >= 15 is 0 Å². The predicted molar refractivity (Wildman–Crippen MR) is 76.2 cm³/mol. The molecule has 0 spiro atoms. The van der Waals surface area contributed by atoms with E-state index in [-0.39, 0.29) is 5.82 Å². The number of methoxy groups -OCH3 is 1. The summed E-state index contributed by atoms with van der Waals surface area (Å²) in [6.45, 7) is 0.509. The first-order valence-corrected chi connectivity index (χ1v) is 6.30. The summed E-state index contributed by atoms with van der Waals surface area (Å²) in [5, 5.41) is 3.44. The van der Waals surface area contributed by atoms with Crippen molar-refractivity contribution in [2.45, 2.75) is 6.54 Å². The Labute approximate surface area is 117 Å². The fourth-order valence-electron chi connectivity index (χ4n) is 1.91. The van der Waals surface area contributed by atoms with E-state index in [2.05, 4.69) is 5.32 Å². The van der Waals surface area contributed by atoms with Gasteiger partial charge in [0.25, 0.3) is 0 Å². The third-order valence-corrected chi connectivity index (χ3v) is 3.20. The van der Waals surface area contributed by atoms with E-state index in [0.717, 1.165) is 11.1 Å². The molecular formula is C15H15ClFNO. The molecule has 0 aliphatic carbocycles. The van der Waals surface area contributed by atoms with Crippen LogP contribution < -0.4 is 10.1 Å². The second-order valence-corrected chi connectivity index (χ2v) is 4.59. The Morgan fingerprint density at radius 2 is 1.84 bits per heavy atom. The molecule has 0 amide bonds. The average molecular weight is 280 g/mol. The molecule has 0 fully saturated rings. The first-order chi connectivity index (χ1) is 9.15. The van der Waals surface area contributed by atoms with Gasteiger partial charge in [-0.3, -0.25) is 0 Å². The highest BCUT2D eigenvalue weighted by atomic mass is 35.5. The molecule has 0 atom stereocenters. The summed E-state index contributed by atoms with van der Waals surface area (Å²) in [5.74, 6) is 0.386. The number of halogens is 2. The summed E-state index contributed by atoms with van der Waals surface area (Å²) in [6, 6.07) is 10.6. The van der Waals surface area contributed by atoms with Crippen molar-refractivity contribution in [2.75, 3.05) is 14.2 Å². The molecule has 0 saturated carbocycles. The van der Waals surface area contributed by atoms with Crippen molar-refractivity contribution in [3.63, 3.8) is 0 Å². The standard InChI is InChI=1S/C15H15ClFNO/c1-18-9-12-4-3-11(8-14(12)17)10-5-6-15(19-2)13(16)7-10/h3-8,18H,9H2,1-2H3. The van der Waals surface area contributed by atoms with Crippen LogP contribution in [0.2, 0.25) is 5.02 Å². The molecule has 0 heterocycles. The van der Waals surface area contributed by atoms with Gasteiger partial charge in [-0.2, -0.15) is 0 Å². The summed E-state index contributed by atoms with van der Waals surface area (Å²) in [5.41, 5.74) is 2.30. The van der Waals surface area contributed by atoms with Gasteiger partial charge in [-0.05, 0) is 36.4 Å². The first kappa shape index (κ1) is 13.8. The zero-order valence-corrected chi connectivity index (χ0v) is 11.6. The fourth-order valence-corrected chi connectivity index (χ4v) is 2.16. The van der Waals surface area contributed by atoms with Crippen molar-refractivity contribution in [1.82, 2.24) is 5.32 Å². The molecule has 0 bridgehead atoms. The molecule has 2 nitrogen and oxygen atoms in total. The Bertz CT molecular complexity index is 586. The van der Waals surface area contributed by atoms with Crippen LogP contribution in [0.15, 0.2) is 36.4 Å². The maximum absolute atomic E-state index is 13.9. The van der Waals surface area contributed by atoms with Gasteiger partial charge in [-0.15, -0.1) is 0 Å². The topological polar surface area (TPSA) is 21.3 Å². The molecule has 2 rings (SSSR count). The Balaban J connectivity index is 2.36. The molecule has 0 aliphatic heterocycles. The second kappa shape index (κ2) is 6.04. The minimum absolute atomic E-state index is 0.223. The maximum atomic E-state index is 13.9. The molecule has 0 radical (unpaired) electrons. The summed E-state index contributed by atoms with van der Waals surface area (Å²) in [4.78, 5) is 0. The lowest BCUT2D eigenvalue weighted by Crippen LogP contribution is -2.06. The van der Waals surface area contributed by atoms with Gasteiger partial charge in [0.15, 0.2) is 0 Å². The normalized spacial score (nSPS) is 10.5. The van der Waals surface area contributed by atoms with Crippen LogP contribution in [0.1, 0.15) is 5.56 Å². The Hall–Kier alpha value is -1.58. The van der Waals surface area contributed by atoms with Gasteiger partial charge in [0, 0.05) is 12.1 Å². The van der Waals surface area contributed by atoms with E-state index in [4.69, 9.17) is 16.3 Å². The lowest BCUT2D eigenvalue weighted by Gasteiger charge is -2.08. The number of hydrogen-bond acceptors (Lipinski definition) is 2. The first-order valence-electron chi connectivity index (χ1n) is 5.92. The van der Waals surface area contributed by atoms with Crippen molar-refractivity contribution in [1.29, 1.82) is 0 Å². The van der Waals surface area contributed by atoms with Gasteiger partial charge in [0.1, 0.15) is 11.6 Å². The number of nitrogens with one attached hydrogen (secondary N) is 1. The Morgan fingerprint density at radius 3 is 2.42 bits per heavy atom. The summed E-state index contributed by atoms with van der Waals surface area (Å²) in [6.07, 6.45) is 0. The summed E-state index contributed by atoms with van der Waals surface area (Å²) in [7, 11) is 3.35. The molecule has 0 unspecified atom stereocenters. The van der Waals surface area contributed by atoms with E-state index in [9.17, 15) is 4.39 Å². The van der Waals surface area contributed by atoms with Gasteiger partial charge in [0.2, 0.25) is 0 Å². The third kappa shape index (κ3) is 3.06. The van der Waals surface area contributed by atoms with Crippen LogP contribution in [-0.4, -0.2) is 14.2 Å². The van der Waals surface area contributed by atoms with Crippen molar-refractivity contribution in [2.24, 2.45) is 0 Å². The monoisotopic (exact) mass is 279 g/mol. The zero-order valence-electron chi connectivity index (χ0n) is 10.8. The van der Waals surface area contributed by atoms with E-state index in [1.807, 2.05) is 12.1 Å². The predicted octanol–water partition coefficient (Wildman–Crippen LogP) is 3.87. The minimum atomic E-state index is -0.223. The zero-order chi connectivity index (χ0) is 13.8. The van der Waals surface area contributed by atoms with Gasteiger partial charge in [-0.1, -0.05) is 29.8 Å². The van der Waals surface area contributed by atoms with Gasteiger partial charge < -0.3 is 10.1 Å². The molecule has 0 aliphatic rings. The van der Waals surface area contributed by atoms with Gasteiger partial charge in [-0.25, -0.2) is 4.39 Å². The molecule has 19 heavy (non-hydrogen) atoms. The largest absolute Gasteiger partial charge is 0.495 e. The van der Waals surface area contributed by atoms with Crippen LogP contribution in [-0.2, 0) is 6.54 Å². The molecule has 0 saturated heterocycles. The molecular weight excluding hydrogens is 265 g/mol. The van der Waals surface area contributed by atoms with Crippen molar-refractivity contribution in [3.05, 3.63) is 52.8 Å². The maximum Gasteiger partial charge on any atom is 0.137 e. The molecule has 0 aromatic heterocycles. The highest BCUT2D eigenvalue weighted by molar-refractivity contribution is 6.32. The Kier molecular flexibility index (Phi) is 4.40. The quantitative estimate of drug-likeness (QED) is 0.917. The number of hydrogen-bond donors (Lipinski definition) is 1. The third-order valence-electron chi connectivity index (χ3n) is 2.91. The van der Waals surface area contributed by atoms with E-state index < -0.39 is 0 Å². The average Bonchev–Trinajstić information content (AvgIpc) is 2.41. The van der Waals surface area contributed by atoms with Gasteiger partial charge in [0.05, 0.1) is 12.1 Å². The highest BCUT2D eigenvalue weighted by Crippen LogP contribution is 2.30. The SMILES string of the molecule is CNCc1ccc(-c2ccc(OC)c(Cl)c2)cc1F. The number of rotatable bonds is 4. The Morgan fingerprint density at radius 1 is 1.16 bits per heavy atom. The molecule has 2 aromatic carbocycles. The lowest BCUT2D eigenvalue weighted by atomic mass is 10.0. The van der Waals surface area contributed by atoms with Crippen LogP contribution in [0, 0.1) is 5.82 Å². The van der Waals surface area contributed by atoms with E-state index in [1.165, 1.54) is 6.07 Å². The highest BCUT2D eigenvalue weighted by Gasteiger charge is 2.07. The fraction of sp³-hybridized carbons (Fsp3) is 0.200. The lowest BCUT2D eigenvalue weighted by molar-refractivity contribution is 0.415. The van der Waals surface area contributed by atoms with Crippen LogP contribution in [0.4, 0.5) is 4.39 Å². The van der Waals surface area contributed by atoms with E-state index in [0.29, 0.717) is 22.9 Å². The van der Waals surface area contributed by atoms with Crippen molar-refractivity contribution < 1.29 is 9.13 Å². The molecule has 1 N–H and O–H groups in total. The van der Waals surface area contributed by atoms with Crippen molar-refractivity contribution in [3.8, 4) is 16.9 Å². The van der Waals surface area contributed by atoms with Crippen molar-refractivity contribution >= 4 is 11.6 Å². The minimum Gasteiger partial charge on any atom is -0.495 e. The summed E-state index contributed by atoms with van der Waals surface area (Å²) >= 11 is 6.07. The molecule has 100 valence electrons. The van der Waals surface area contributed by atoms with Crippen LogP contribution >= 0.6 is 11.6 Å². The summed E-state index contributed by atoms with van der Waals surface area (Å²) < 4.78 is 19.0. The van der Waals surface area contributed by atoms with Crippen LogP contribution in [0.3, 0.4) is 0 Å². The number of ether oxygens (including phenoxy) is 1. The second-order valence-electron chi connectivity index (χ2n) is 4.19. The van der Waals surface area contributed by atoms with E-state index in [1.54, 1.807) is 32.4 Å². The van der Waals surface area contributed by atoms with Crippen LogP contribution in [0.25, 0.3) is 11.1 Å². The molecule has 4 heteroatoms. The molecule has 2 aromatic rings. The van der Waals surface area contributed by atoms with Crippen LogP contribution in [0.5, 0.6) is 5.75 Å². The smallest absolute Gasteiger partial charge is 0.137 e.